The van der Waals surface area contributed by atoms with Crippen molar-refractivity contribution in [1.82, 2.24) is 24.9 Å². The van der Waals surface area contributed by atoms with Gasteiger partial charge in [0.05, 0.1) is 5.69 Å². The van der Waals surface area contributed by atoms with Gasteiger partial charge in [0.25, 0.3) is 0 Å². The molecule has 1 fully saturated rings. The zero-order valence-electron chi connectivity index (χ0n) is 15.9. The molecule has 1 aliphatic heterocycles. The summed E-state index contributed by atoms with van der Waals surface area (Å²) in [6.07, 6.45) is 3.38. The Morgan fingerprint density at radius 2 is 2.17 bits per heavy atom. The Morgan fingerprint density at radius 1 is 1.46 bits per heavy atom. The quantitative estimate of drug-likeness (QED) is 0.426. The van der Waals surface area contributed by atoms with Crippen LogP contribution in [0.5, 0.6) is 0 Å². The summed E-state index contributed by atoms with van der Waals surface area (Å²) < 4.78 is 1.91. The molecule has 0 saturated carbocycles. The van der Waals surface area contributed by atoms with Crippen LogP contribution in [-0.4, -0.2) is 66.3 Å². The van der Waals surface area contributed by atoms with E-state index in [1.165, 1.54) is 30.8 Å². The van der Waals surface area contributed by atoms with E-state index in [0.717, 1.165) is 25.0 Å². The summed E-state index contributed by atoms with van der Waals surface area (Å²) in [5.41, 5.74) is 2.45. The molecule has 1 aromatic rings. The predicted octanol–water partition coefficient (Wildman–Crippen LogP) is 2.12. The summed E-state index contributed by atoms with van der Waals surface area (Å²) >= 11 is 0. The van der Waals surface area contributed by atoms with E-state index in [4.69, 9.17) is 0 Å². The maximum absolute atomic E-state index is 4.59. The molecule has 0 aromatic carbocycles. The first kappa shape index (κ1) is 21.2. The van der Waals surface area contributed by atoms with Crippen LogP contribution >= 0.6 is 24.0 Å². The average molecular weight is 448 g/mol. The molecular weight excluding hydrogens is 415 g/mol. The monoisotopic (exact) mass is 448 g/mol. The zero-order valence-corrected chi connectivity index (χ0v) is 18.2. The van der Waals surface area contributed by atoms with E-state index in [9.17, 15) is 0 Å². The van der Waals surface area contributed by atoms with E-state index in [-0.39, 0.29) is 24.0 Å². The Morgan fingerprint density at radius 3 is 2.71 bits per heavy atom. The van der Waals surface area contributed by atoms with Crippen molar-refractivity contribution >= 4 is 29.9 Å². The van der Waals surface area contributed by atoms with E-state index in [2.05, 4.69) is 59.3 Å². The number of hydrogen-bond donors (Lipinski definition) is 1. The Bertz CT molecular complexity index is 539. The van der Waals surface area contributed by atoms with Crippen molar-refractivity contribution < 1.29 is 0 Å². The number of rotatable bonds is 5. The Balaban J connectivity index is 0.00000288. The van der Waals surface area contributed by atoms with Gasteiger partial charge in [-0.15, -0.1) is 24.0 Å². The first-order chi connectivity index (χ1) is 10.9. The van der Waals surface area contributed by atoms with E-state index in [1.54, 1.807) is 0 Å². The number of aryl methyl sites for hydroxylation is 1. The van der Waals surface area contributed by atoms with Gasteiger partial charge >= 0.3 is 0 Å². The fraction of sp³-hybridized carbons (Fsp3) is 0.765. The van der Waals surface area contributed by atoms with Gasteiger partial charge in [-0.1, -0.05) is 13.8 Å². The molecule has 0 aliphatic carbocycles. The number of nitrogens with one attached hydrogen (secondary N) is 1. The van der Waals surface area contributed by atoms with Crippen LogP contribution in [0.15, 0.2) is 11.2 Å². The number of guanidine groups is 1. The second-order valence-corrected chi connectivity index (χ2v) is 7.07. The van der Waals surface area contributed by atoms with E-state index in [1.807, 2.05) is 18.8 Å². The highest BCUT2D eigenvalue weighted by Gasteiger charge is 2.20. The van der Waals surface area contributed by atoms with Crippen LogP contribution in [-0.2, 0) is 13.6 Å². The molecule has 1 aromatic heterocycles. The molecule has 1 N–H and O–H groups in total. The topological polar surface area (TPSA) is 48.7 Å². The SMILES string of the molecule is CN=C(NCC1CCN(C)C1)N(C)Cc1cn(C)nc1C(C)C.I. The van der Waals surface area contributed by atoms with Crippen molar-refractivity contribution in [2.24, 2.45) is 18.0 Å². The Labute approximate surface area is 163 Å². The fourth-order valence-corrected chi connectivity index (χ4v) is 3.31. The third-order valence-electron chi connectivity index (χ3n) is 4.50. The molecule has 1 aliphatic rings. The van der Waals surface area contributed by atoms with Crippen molar-refractivity contribution in [1.29, 1.82) is 0 Å². The third kappa shape index (κ3) is 5.61. The van der Waals surface area contributed by atoms with Gasteiger partial charge in [-0.2, -0.15) is 5.10 Å². The molecule has 1 saturated heterocycles. The number of halogens is 1. The lowest BCUT2D eigenvalue weighted by molar-refractivity contribution is 0.390. The lowest BCUT2D eigenvalue weighted by Gasteiger charge is -2.23. The minimum absolute atomic E-state index is 0. The molecule has 2 heterocycles. The van der Waals surface area contributed by atoms with Gasteiger partial charge in [-0.3, -0.25) is 9.67 Å². The van der Waals surface area contributed by atoms with E-state index in [0.29, 0.717) is 5.92 Å². The van der Waals surface area contributed by atoms with Crippen molar-refractivity contribution in [2.75, 3.05) is 40.8 Å². The number of likely N-dealkylation sites (tertiary alicyclic amines) is 1. The molecule has 6 nitrogen and oxygen atoms in total. The maximum atomic E-state index is 4.59. The lowest BCUT2D eigenvalue weighted by atomic mass is 10.1. The van der Waals surface area contributed by atoms with Gasteiger partial charge < -0.3 is 15.1 Å². The number of nitrogens with zero attached hydrogens (tertiary/aromatic N) is 5. The molecule has 0 spiro atoms. The molecule has 7 heteroatoms. The van der Waals surface area contributed by atoms with Gasteiger partial charge in [0.15, 0.2) is 5.96 Å². The summed E-state index contributed by atoms with van der Waals surface area (Å²) in [5.74, 6) is 2.11. The predicted molar refractivity (Wildman–Crippen MR) is 111 cm³/mol. The van der Waals surface area contributed by atoms with Crippen LogP contribution in [0, 0.1) is 5.92 Å². The number of aliphatic imine (C=N–C) groups is 1. The molecule has 0 radical (unpaired) electrons. The number of hydrogen-bond acceptors (Lipinski definition) is 3. The van der Waals surface area contributed by atoms with Gasteiger partial charge in [-0.05, 0) is 31.8 Å². The average Bonchev–Trinajstić information content (AvgIpc) is 3.05. The van der Waals surface area contributed by atoms with Crippen molar-refractivity contribution in [3.8, 4) is 0 Å². The smallest absolute Gasteiger partial charge is 0.193 e. The molecule has 24 heavy (non-hydrogen) atoms. The van der Waals surface area contributed by atoms with E-state index >= 15 is 0 Å². The summed E-state index contributed by atoms with van der Waals surface area (Å²) in [4.78, 5) is 9.01. The van der Waals surface area contributed by atoms with Crippen molar-refractivity contribution in [2.45, 2.75) is 32.7 Å². The zero-order chi connectivity index (χ0) is 17.0. The van der Waals surface area contributed by atoms with Crippen LogP contribution in [0.25, 0.3) is 0 Å². The molecule has 2 rings (SSSR count). The van der Waals surface area contributed by atoms with Crippen LogP contribution in [0.4, 0.5) is 0 Å². The van der Waals surface area contributed by atoms with Gasteiger partial charge in [0.2, 0.25) is 0 Å². The highest BCUT2D eigenvalue weighted by molar-refractivity contribution is 14.0. The normalized spacial score (nSPS) is 18.8. The summed E-state index contributed by atoms with van der Waals surface area (Å²) in [6.45, 7) is 8.57. The lowest BCUT2D eigenvalue weighted by Crippen LogP contribution is -2.41. The molecule has 138 valence electrons. The molecular formula is C17H33IN6. The fourth-order valence-electron chi connectivity index (χ4n) is 3.31. The Hall–Kier alpha value is -0.830. The van der Waals surface area contributed by atoms with E-state index < -0.39 is 0 Å². The van der Waals surface area contributed by atoms with Gasteiger partial charge in [0, 0.05) is 52.5 Å². The summed E-state index contributed by atoms with van der Waals surface area (Å²) in [5, 5.41) is 8.12. The Kier molecular flexibility index (Phi) is 8.49. The summed E-state index contributed by atoms with van der Waals surface area (Å²) in [6, 6.07) is 0. The van der Waals surface area contributed by atoms with Crippen LogP contribution in [0.2, 0.25) is 0 Å². The standard InChI is InChI=1S/C17H32N6.HI/c1-13(2)16-15(12-23(6)20-16)11-22(5)17(18-3)19-9-14-7-8-21(4)10-14;/h12-14H,7-11H2,1-6H3,(H,18,19);1H. The minimum Gasteiger partial charge on any atom is -0.356 e. The minimum atomic E-state index is 0. The molecule has 1 atom stereocenters. The van der Waals surface area contributed by atoms with Crippen molar-refractivity contribution in [3.63, 3.8) is 0 Å². The summed E-state index contributed by atoms with van der Waals surface area (Å²) in [7, 11) is 8.12. The van der Waals surface area contributed by atoms with Gasteiger partial charge in [-0.25, -0.2) is 0 Å². The molecule has 0 bridgehead atoms. The van der Waals surface area contributed by atoms with Crippen LogP contribution in [0.1, 0.15) is 37.4 Å². The van der Waals surface area contributed by atoms with Gasteiger partial charge in [0.1, 0.15) is 0 Å². The maximum Gasteiger partial charge on any atom is 0.193 e. The van der Waals surface area contributed by atoms with Crippen LogP contribution < -0.4 is 5.32 Å². The second-order valence-electron chi connectivity index (χ2n) is 7.07. The van der Waals surface area contributed by atoms with Crippen LogP contribution in [0.3, 0.4) is 0 Å². The first-order valence-electron chi connectivity index (χ1n) is 8.53. The van der Waals surface area contributed by atoms with Crippen molar-refractivity contribution in [3.05, 3.63) is 17.5 Å². The highest BCUT2D eigenvalue weighted by Crippen LogP contribution is 2.18. The second kappa shape index (κ2) is 9.60. The third-order valence-corrected chi connectivity index (χ3v) is 4.50. The molecule has 0 amide bonds. The largest absolute Gasteiger partial charge is 0.356 e. The highest BCUT2D eigenvalue weighted by atomic mass is 127. The number of aromatic nitrogens is 2. The first-order valence-corrected chi connectivity index (χ1v) is 8.53. The molecule has 1 unspecified atom stereocenters.